The number of hydrogen-bond acceptors (Lipinski definition) is 0. The zero-order chi connectivity index (χ0) is 18.8. The predicted molar refractivity (Wildman–Crippen MR) is 120 cm³/mol. The van der Waals surface area contributed by atoms with E-state index in [-0.39, 0.29) is 0 Å². The number of hydrogen-bond donors (Lipinski definition) is 0. The van der Waals surface area contributed by atoms with E-state index in [4.69, 9.17) is 0 Å². The molecule has 5 rings (SSSR count). The summed E-state index contributed by atoms with van der Waals surface area (Å²) in [5.41, 5.74) is 7.48. The van der Waals surface area contributed by atoms with Gasteiger partial charge >= 0.3 is 0 Å². The summed E-state index contributed by atoms with van der Waals surface area (Å²) in [6.07, 6.45) is 0. The Labute approximate surface area is 165 Å². The lowest BCUT2D eigenvalue weighted by atomic mass is 9.91. The second-order valence-corrected chi connectivity index (χ2v) is 7.06. The number of rotatable bonds is 3. The van der Waals surface area contributed by atoms with Gasteiger partial charge in [0.2, 0.25) is 0 Å². The lowest BCUT2D eigenvalue weighted by molar-refractivity contribution is 1.57. The first kappa shape index (κ1) is 16.5. The van der Waals surface area contributed by atoms with E-state index in [0.29, 0.717) is 0 Å². The van der Waals surface area contributed by atoms with Crippen molar-refractivity contribution in [3.05, 3.63) is 121 Å². The minimum atomic E-state index is 1.24. The van der Waals surface area contributed by atoms with Crippen molar-refractivity contribution in [2.75, 3.05) is 0 Å². The van der Waals surface area contributed by atoms with Gasteiger partial charge in [-0.1, -0.05) is 103 Å². The first-order valence-corrected chi connectivity index (χ1v) is 9.62. The Hall–Kier alpha value is -3.64. The van der Waals surface area contributed by atoms with Gasteiger partial charge in [-0.3, -0.25) is 0 Å². The average Bonchev–Trinajstić information content (AvgIpc) is 2.79. The van der Waals surface area contributed by atoms with E-state index in [1.807, 2.05) is 0 Å². The third-order valence-corrected chi connectivity index (χ3v) is 5.25. The highest BCUT2D eigenvalue weighted by molar-refractivity contribution is 5.98. The van der Waals surface area contributed by atoms with Crippen molar-refractivity contribution in [1.82, 2.24) is 0 Å². The molecular weight excluding hydrogens is 336 g/mol. The molecule has 0 spiro atoms. The predicted octanol–water partition coefficient (Wildman–Crippen LogP) is 7.84. The Bertz CT molecular complexity index is 1170. The summed E-state index contributed by atoms with van der Waals surface area (Å²) in [4.78, 5) is 0. The fraction of sp³-hybridized carbons (Fsp3) is 0. The van der Waals surface area contributed by atoms with Gasteiger partial charge in [0.15, 0.2) is 0 Å². The molecule has 0 radical (unpaired) electrons. The molecule has 5 aromatic carbocycles. The van der Waals surface area contributed by atoms with E-state index in [1.54, 1.807) is 0 Å². The lowest BCUT2D eigenvalue weighted by Crippen LogP contribution is -1.87. The van der Waals surface area contributed by atoms with Crippen LogP contribution in [0.25, 0.3) is 44.2 Å². The van der Waals surface area contributed by atoms with Crippen molar-refractivity contribution in [2.45, 2.75) is 0 Å². The van der Waals surface area contributed by atoms with Gasteiger partial charge in [0, 0.05) is 0 Å². The summed E-state index contributed by atoms with van der Waals surface area (Å²) in [5, 5.41) is 2.56. The monoisotopic (exact) mass is 356 g/mol. The molecule has 0 aliphatic heterocycles. The van der Waals surface area contributed by atoms with Gasteiger partial charge in [0.25, 0.3) is 0 Å². The molecule has 0 heteroatoms. The SMILES string of the molecule is c1ccc(-c2cc(-c3ccccc3)cc(-c3cccc4ccccc34)c2)cc1. The summed E-state index contributed by atoms with van der Waals surface area (Å²) in [6, 6.07) is 43.3. The van der Waals surface area contributed by atoms with Crippen LogP contribution in [0.5, 0.6) is 0 Å². The maximum absolute atomic E-state index is 2.31. The fourth-order valence-corrected chi connectivity index (χ4v) is 3.85. The molecule has 0 N–H and O–H groups in total. The van der Waals surface area contributed by atoms with Gasteiger partial charge in [0.1, 0.15) is 0 Å². The van der Waals surface area contributed by atoms with Gasteiger partial charge in [-0.2, -0.15) is 0 Å². The van der Waals surface area contributed by atoms with Crippen molar-refractivity contribution in [2.24, 2.45) is 0 Å². The molecule has 0 saturated carbocycles. The zero-order valence-corrected chi connectivity index (χ0v) is 15.5. The van der Waals surface area contributed by atoms with E-state index in [2.05, 4.69) is 121 Å². The quantitative estimate of drug-likeness (QED) is 0.309. The summed E-state index contributed by atoms with van der Waals surface area (Å²) in [7, 11) is 0. The van der Waals surface area contributed by atoms with Gasteiger partial charge in [0.05, 0.1) is 0 Å². The molecule has 0 unspecified atom stereocenters. The molecule has 0 aliphatic rings. The van der Waals surface area contributed by atoms with Crippen molar-refractivity contribution >= 4 is 10.8 Å². The molecular formula is C28H20. The van der Waals surface area contributed by atoms with Gasteiger partial charge < -0.3 is 0 Å². The van der Waals surface area contributed by atoms with E-state index < -0.39 is 0 Å². The largest absolute Gasteiger partial charge is 0.0622 e. The van der Waals surface area contributed by atoms with E-state index in [9.17, 15) is 0 Å². The molecule has 0 atom stereocenters. The van der Waals surface area contributed by atoms with E-state index >= 15 is 0 Å². The molecule has 0 fully saturated rings. The molecule has 0 amide bonds. The molecule has 28 heavy (non-hydrogen) atoms. The van der Waals surface area contributed by atoms with E-state index in [1.165, 1.54) is 44.2 Å². The summed E-state index contributed by atoms with van der Waals surface area (Å²) < 4.78 is 0. The molecule has 0 saturated heterocycles. The Morgan fingerprint density at radius 1 is 0.321 bits per heavy atom. The number of fused-ring (bicyclic) bond motifs is 1. The smallest absolute Gasteiger partial charge is 0.0105 e. The topological polar surface area (TPSA) is 0 Å². The normalized spacial score (nSPS) is 10.9. The minimum absolute atomic E-state index is 1.24. The minimum Gasteiger partial charge on any atom is -0.0622 e. The molecule has 0 heterocycles. The molecule has 0 bridgehead atoms. The van der Waals surface area contributed by atoms with Gasteiger partial charge in [-0.05, 0) is 62.4 Å². The molecule has 132 valence electrons. The fourth-order valence-electron chi connectivity index (χ4n) is 3.85. The second kappa shape index (κ2) is 7.17. The maximum atomic E-state index is 2.31. The van der Waals surface area contributed by atoms with Crippen LogP contribution in [0.4, 0.5) is 0 Å². The van der Waals surface area contributed by atoms with Crippen LogP contribution in [0, 0.1) is 0 Å². The van der Waals surface area contributed by atoms with Crippen LogP contribution in [0.3, 0.4) is 0 Å². The van der Waals surface area contributed by atoms with Crippen LogP contribution in [-0.2, 0) is 0 Å². The Kier molecular flexibility index (Phi) is 4.23. The maximum Gasteiger partial charge on any atom is -0.0105 e. The third kappa shape index (κ3) is 3.10. The lowest BCUT2D eigenvalue weighted by Gasteiger charge is -2.13. The van der Waals surface area contributed by atoms with Crippen molar-refractivity contribution in [1.29, 1.82) is 0 Å². The first-order chi connectivity index (χ1) is 13.9. The highest BCUT2D eigenvalue weighted by Gasteiger charge is 2.09. The van der Waals surface area contributed by atoms with Crippen molar-refractivity contribution < 1.29 is 0 Å². The van der Waals surface area contributed by atoms with Gasteiger partial charge in [-0.15, -0.1) is 0 Å². The van der Waals surface area contributed by atoms with Crippen LogP contribution >= 0.6 is 0 Å². The highest BCUT2D eigenvalue weighted by Crippen LogP contribution is 2.35. The Morgan fingerprint density at radius 3 is 1.46 bits per heavy atom. The molecule has 0 nitrogen and oxygen atoms in total. The molecule has 5 aromatic rings. The van der Waals surface area contributed by atoms with Crippen molar-refractivity contribution in [3.63, 3.8) is 0 Å². The molecule has 0 aliphatic carbocycles. The average molecular weight is 356 g/mol. The Balaban J connectivity index is 1.78. The molecule has 0 aromatic heterocycles. The highest BCUT2D eigenvalue weighted by atomic mass is 14.1. The first-order valence-electron chi connectivity index (χ1n) is 9.62. The third-order valence-electron chi connectivity index (χ3n) is 5.25. The summed E-state index contributed by atoms with van der Waals surface area (Å²) in [6.45, 7) is 0. The summed E-state index contributed by atoms with van der Waals surface area (Å²) >= 11 is 0. The van der Waals surface area contributed by atoms with Crippen LogP contribution in [-0.4, -0.2) is 0 Å². The zero-order valence-electron chi connectivity index (χ0n) is 15.5. The van der Waals surface area contributed by atoms with Gasteiger partial charge in [-0.25, -0.2) is 0 Å². The second-order valence-electron chi connectivity index (χ2n) is 7.06. The van der Waals surface area contributed by atoms with Crippen LogP contribution < -0.4 is 0 Å². The number of benzene rings is 5. The van der Waals surface area contributed by atoms with Crippen LogP contribution in [0.1, 0.15) is 0 Å². The van der Waals surface area contributed by atoms with E-state index in [0.717, 1.165) is 0 Å². The van der Waals surface area contributed by atoms with Crippen LogP contribution in [0.15, 0.2) is 121 Å². The standard InChI is InChI=1S/C28H20/c1-3-10-21(11-4-1)24-18-25(22-12-5-2-6-13-22)20-26(19-24)28-17-9-15-23-14-7-8-16-27(23)28/h1-20H. The van der Waals surface area contributed by atoms with Crippen LogP contribution in [0.2, 0.25) is 0 Å². The Morgan fingerprint density at radius 2 is 0.821 bits per heavy atom. The summed E-state index contributed by atoms with van der Waals surface area (Å²) in [5.74, 6) is 0. The van der Waals surface area contributed by atoms with Crippen molar-refractivity contribution in [3.8, 4) is 33.4 Å².